The lowest BCUT2D eigenvalue weighted by Crippen LogP contribution is -2.10. The van der Waals surface area contributed by atoms with Crippen molar-refractivity contribution in [2.45, 2.75) is 37.7 Å². The van der Waals surface area contributed by atoms with Gasteiger partial charge in [0.2, 0.25) is 0 Å². The molecule has 0 N–H and O–H groups in total. The molecule has 0 heterocycles. The predicted molar refractivity (Wildman–Crippen MR) is 66.9 cm³/mol. The quantitative estimate of drug-likeness (QED) is 0.748. The first-order valence-electron chi connectivity index (χ1n) is 5.06. The van der Waals surface area contributed by atoms with Gasteiger partial charge in [-0.15, -0.1) is 11.8 Å². The number of hydrogen-bond acceptors (Lipinski definition) is 2. The molecule has 0 amide bonds. The third-order valence-corrected chi connectivity index (χ3v) is 3.29. The van der Waals surface area contributed by atoms with Crippen LogP contribution in [0.1, 0.15) is 37.1 Å². The monoisotopic (exact) mass is 219 g/mol. The Balaban J connectivity index is 2.85. The topological polar surface area (TPSA) is 23.8 Å². The summed E-state index contributed by atoms with van der Waals surface area (Å²) in [7, 11) is 0. The fourth-order valence-corrected chi connectivity index (χ4v) is 2.32. The van der Waals surface area contributed by atoms with Crippen LogP contribution >= 0.6 is 11.8 Å². The molecule has 1 unspecified atom stereocenters. The van der Waals surface area contributed by atoms with E-state index in [9.17, 15) is 0 Å². The normalized spacial score (nSPS) is 13.3. The van der Waals surface area contributed by atoms with Crippen LogP contribution in [0.25, 0.3) is 0 Å². The molecule has 15 heavy (non-hydrogen) atoms. The van der Waals surface area contributed by atoms with E-state index in [1.54, 1.807) is 11.8 Å². The van der Waals surface area contributed by atoms with Crippen molar-refractivity contribution < 1.29 is 0 Å². The molecule has 0 aliphatic heterocycles. The second-order valence-corrected chi connectivity index (χ2v) is 6.58. The molecule has 1 nitrogen and oxygen atoms in total. The number of hydrogen-bond donors (Lipinski definition) is 0. The Bertz CT molecular complexity index is 354. The Morgan fingerprint density at radius 2 is 1.73 bits per heavy atom. The van der Waals surface area contributed by atoms with Crippen LogP contribution in [0.15, 0.2) is 24.3 Å². The summed E-state index contributed by atoms with van der Waals surface area (Å²) in [5.74, 6) is 0. The van der Waals surface area contributed by atoms with E-state index in [1.807, 2.05) is 12.1 Å². The van der Waals surface area contributed by atoms with Crippen LogP contribution in [-0.2, 0) is 0 Å². The van der Waals surface area contributed by atoms with Crippen molar-refractivity contribution in [3.63, 3.8) is 0 Å². The average Bonchev–Trinajstić information content (AvgIpc) is 2.14. The minimum absolute atomic E-state index is 0.0643. The van der Waals surface area contributed by atoms with Crippen LogP contribution in [0, 0.1) is 18.3 Å². The Morgan fingerprint density at radius 3 is 2.13 bits per heavy atom. The van der Waals surface area contributed by atoms with Gasteiger partial charge < -0.3 is 0 Å². The Hall–Kier alpha value is -0.940. The highest BCUT2D eigenvalue weighted by atomic mass is 32.2. The fraction of sp³-hybridized carbons (Fsp3) is 0.462. The second kappa shape index (κ2) is 4.72. The maximum absolute atomic E-state index is 9.14. The highest BCUT2D eigenvalue weighted by Gasteiger charge is 2.20. The molecule has 1 atom stereocenters. The lowest BCUT2D eigenvalue weighted by molar-refractivity contribution is 0.799. The summed E-state index contributed by atoms with van der Waals surface area (Å²) in [4.78, 5) is 0. The molecule has 1 aromatic rings. The van der Waals surface area contributed by atoms with Crippen LogP contribution in [0.2, 0.25) is 0 Å². The first-order valence-corrected chi connectivity index (χ1v) is 5.94. The molecule has 0 bridgehead atoms. The van der Waals surface area contributed by atoms with Crippen molar-refractivity contribution >= 4 is 11.8 Å². The van der Waals surface area contributed by atoms with Crippen molar-refractivity contribution in [3.8, 4) is 6.07 Å². The van der Waals surface area contributed by atoms with E-state index in [1.165, 1.54) is 5.56 Å². The molecule has 0 aliphatic carbocycles. The van der Waals surface area contributed by atoms with Crippen molar-refractivity contribution in [2.75, 3.05) is 0 Å². The van der Waals surface area contributed by atoms with E-state index in [4.69, 9.17) is 5.26 Å². The molecule has 0 fully saturated rings. The van der Waals surface area contributed by atoms with Gasteiger partial charge in [-0.1, -0.05) is 50.6 Å². The zero-order valence-corrected chi connectivity index (χ0v) is 10.6. The summed E-state index contributed by atoms with van der Waals surface area (Å²) in [6, 6.07) is 10.6. The maximum atomic E-state index is 9.14. The molecular weight excluding hydrogens is 202 g/mol. The Labute approximate surface area is 96.5 Å². The van der Waals surface area contributed by atoms with Gasteiger partial charge in [0.25, 0.3) is 0 Å². The maximum Gasteiger partial charge on any atom is 0.117 e. The van der Waals surface area contributed by atoms with Crippen molar-refractivity contribution in [2.24, 2.45) is 0 Å². The van der Waals surface area contributed by atoms with E-state index < -0.39 is 0 Å². The molecule has 0 radical (unpaired) electrons. The van der Waals surface area contributed by atoms with Crippen molar-refractivity contribution in [1.29, 1.82) is 5.26 Å². The van der Waals surface area contributed by atoms with Gasteiger partial charge in [0.05, 0.1) is 6.07 Å². The molecule has 80 valence electrons. The highest BCUT2D eigenvalue weighted by molar-refractivity contribution is 8.01. The van der Waals surface area contributed by atoms with Crippen LogP contribution in [0.3, 0.4) is 0 Å². The molecule has 1 rings (SSSR count). The molecule has 0 spiro atoms. The molecular formula is C13H17NS. The summed E-state index contributed by atoms with van der Waals surface area (Å²) >= 11 is 1.70. The van der Waals surface area contributed by atoms with E-state index in [0.717, 1.165) is 5.56 Å². The summed E-state index contributed by atoms with van der Waals surface area (Å²) in [6.45, 7) is 8.46. The van der Waals surface area contributed by atoms with E-state index >= 15 is 0 Å². The molecule has 1 aromatic carbocycles. The average molecular weight is 219 g/mol. The highest BCUT2D eigenvalue weighted by Crippen LogP contribution is 2.37. The summed E-state index contributed by atoms with van der Waals surface area (Å²) in [5.41, 5.74) is 2.33. The van der Waals surface area contributed by atoms with Gasteiger partial charge >= 0.3 is 0 Å². The summed E-state index contributed by atoms with van der Waals surface area (Å²) < 4.78 is 0.116. The van der Waals surface area contributed by atoms with Crippen LogP contribution in [-0.4, -0.2) is 4.75 Å². The molecule has 0 aliphatic rings. The van der Waals surface area contributed by atoms with E-state index in [-0.39, 0.29) is 10.00 Å². The minimum Gasteiger partial charge on any atom is -0.197 e. The summed E-state index contributed by atoms with van der Waals surface area (Å²) in [5, 5.41) is 9.08. The third kappa shape index (κ3) is 3.97. The lowest BCUT2D eigenvalue weighted by Gasteiger charge is -2.21. The van der Waals surface area contributed by atoms with Crippen LogP contribution < -0.4 is 0 Å². The SMILES string of the molecule is Cc1ccc(C(C#N)SC(C)(C)C)cc1. The lowest BCUT2D eigenvalue weighted by atomic mass is 10.1. The number of benzene rings is 1. The Morgan fingerprint density at radius 1 is 1.20 bits per heavy atom. The summed E-state index contributed by atoms with van der Waals surface area (Å²) in [6.07, 6.45) is 0. The van der Waals surface area contributed by atoms with Crippen LogP contribution in [0.5, 0.6) is 0 Å². The number of nitrogens with zero attached hydrogens (tertiary/aromatic N) is 1. The van der Waals surface area contributed by atoms with Crippen molar-refractivity contribution in [1.82, 2.24) is 0 Å². The second-order valence-electron chi connectivity index (χ2n) is 4.65. The first-order chi connectivity index (χ1) is 6.92. The molecule has 0 saturated heterocycles. The molecule has 0 aromatic heterocycles. The zero-order chi connectivity index (χ0) is 11.5. The van der Waals surface area contributed by atoms with Crippen molar-refractivity contribution in [3.05, 3.63) is 35.4 Å². The Kier molecular flexibility index (Phi) is 3.82. The van der Waals surface area contributed by atoms with Gasteiger partial charge in [-0.3, -0.25) is 0 Å². The van der Waals surface area contributed by atoms with E-state index in [0.29, 0.717) is 0 Å². The number of thioether (sulfide) groups is 1. The predicted octanol–water partition coefficient (Wildman–Crippen LogP) is 4.09. The number of rotatable bonds is 2. The zero-order valence-electron chi connectivity index (χ0n) is 9.74. The number of aryl methyl sites for hydroxylation is 1. The smallest absolute Gasteiger partial charge is 0.117 e. The van der Waals surface area contributed by atoms with Gasteiger partial charge in [-0.05, 0) is 12.5 Å². The van der Waals surface area contributed by atoms with Gasteiger partial charge in [0.1, 0.15) is 5.25 Å². The standard InChI is InChI=1S/C13H17NS/c1-10-5-7-11(8-6-10)12(9-14)15-13(2,3)4/h5-8,12H,1-4H3. The van der Waals surface area contributed by atoms with E-state index in [2.05, 4.69) is 45.9 Å². The molecule has 2 heteroatoms. The van der Waals surface area contributed by atoms with Gasteiger partial charge in [-0.25, -0.2) is 0 Å². The molecule has 0 saturated carbocycles. The van der Waals surface area contributed by atoms with Gasteiger partial charge in [-0.2, -0.15) is 5.26 Å². The number of nitriles is 1. The third-order valence-electron chi connectivity index (χ3n) is 1.97. The minimum atomic E-state index is -0.0643. The van der Waals surface area contributed by atoms with Gasteiger partial charge in [0, 0.05) is 4.75 Å². The fourth-order valence-electron chi connectivity index (χ4n) is 1.26. The van der Waals surface area contributed by atoms with Gasteiger partial charge in [0.15, 0.2) is 0 Å². The first kappa shape index (κ1) is 12.1. The van der Waals surface area contributed by atoms with Crippen LogP contribution in [0.4, 0.5) is 0 Å². The largest absolute Gasteiger partial charge is 0.197 e.